The molecular weight excluding hydrogens is 166 g/mol. The average molecular weight is 179 g/mol. The van der Waals surface area contributed by atoms with Crippen LogP contribution in [0.15, 0.2) is 24.4 Å². The minimum Gasteiger partial charge on any atom is -0.396 e. The molecule has 0 fully saturated rings. The van der Waals surface area contributed by atoms with E-state index in [0.29, 0.717) is 17.2 Å². The zero-order valence-electron chi connectivity index (χ0n) is 7.44. The van der Waals surface area contributed by atoms with Crippen LogP contribution in [0.1, 0.15) is 5.69 Å². The predicted molar refractivity (Wildman–Crippen MR) is 52.8 cm³/mol. The van der Waals surface area contributed by atoms with E-state index in [4.69, 9.17) is 17.3 Å². The number of nitrogen functional groups attached to an aromatic ring is 1. The fourth-order valence-corrected chi connectivity index (χ4v) is 0.898. The van der Waals surface area contributed by atoms with Crippen molar-refractivity contribution in [3.63, 3.8) is 0 Å². The van der Waals surface area contributed by atoms with Crippen molar-refractivity contribution >= 4 is 11.5 Å². The van der Waals surface area contributed by atoms with E-state index in [-0.39, 0.29) is 0 Å². The molecular formula is C8H13N5. The molecule has 13 heavy (non-hydrogen) atoms. The highest BCUT2D eigenvalue weighted by Crippen LogP contribution is 2.07. The predicted octanol–water partition coefficient (Wildman–Crippen LogP) is -0.274. The molecule has 0 unspecified atom stereocenters. The molecule has 1 heterocycles. The van der Waals surface area contributed by atoms with Crippen LogP contribution in [0.4, 0.5) is 5.82 Å². The van der Waals surface area contributed by atoms with Crippen molar-refractivity contribution in [3.8, 4) is 0 Å². The molecule has 0 aliphatic carbocycles. The Morgan fingerprint density at radius 2 is 2.23 bits per heavy atom. The number of hydrogen-bond donors (Lipinski definition) is 3. The summed E-state index contributed by atoms with van der Waals surface area (Å²) in [5, 5.41) is 1.36. The molecule has 0 bridgehead atoms. The maximum Gasteiger partial charge on any atom is 0.124 e. The molecule has 0 aliphatic rings. The summed E-state index contributed by atoms with van der Waals surface area (Å²) >= 11 is 0. The molecule has 0 radical (unpaired) electrons. The lowest BCUT2D eigenvalue weighted by Crippen LogP contribution is -2.20. The monoisotopic (exact) mass is 179 g/mol. The van der Waals surface area contributed by atoms with Crippen molar-refractivity contribution in [2.24, 2.45) is 11.6 Å². The van der Waals surface area contributed by atoms with Crippen molar-refractivity contribution in [2.45, 2.75) is 0 Å². The Morgan fingerprint density at radius 1 is 1.54 bits per heavy atom. The third kappa shape index (κ3) is 2.64. The standard InChI is InChI=1S/C8H13N5/c1-13(11)5-6(9)7-3-2-4-8(10)12-7/h2-5H,9,11H2,1H3,(H2,10,12)/b6-5-. The molecule has 70 valence electrons. The third-order valence-electron chi connectivity index (χ3n) is 1.41. The molecule has 1 aromatic rings. The summed E-state index contributed by atoms with van der Waals surface area (Å²) in [5.41, 5.74) is 12.3. The van der Waals surface area contributed by atoms with Crippen LogP contribution < -0.4 is 17.3 Å². The fraction of sp³-hybridized carbons (Fsp3) is 0.125. The van der Waals surface area contributed by atoms with E-state index in [9.17, 15) is 0 Å². The number of nitrogens with two attached hydrogens (primary N) is 3. The molecule has 0 saturated heterocycles. The van der Waals surface area contributed by atoms with Crippen LogP contribution in [0.2, 0.25) is 0 Å². The number of hydrogen-bond acceptors (Lipinski definition) is 5. The summed E-state index contributed by atoms with van der Waals surface area (Å²) in [6, 6.07) is 5.25. The molecule has 6 N–H and O–H groups in total. The lowest BCUT2D eigenvalue weighted by Gasteiger charge is -2.07. The van der Waals surface area contributed by atoms with Gasteiger partial charge in [-0.25, -0.2) is 10.8 Å². The Morgan fingerprint density at radius 3 is 2.77 bits per heavy atom. The molecule has 0 aliphatic heterocycles. The van der Waals surface area contributed by atoms with Crippen molar-refractivity contribution in [1.29, 1.82) is 0 Å². The summed E-state index contributed by atoms with van der Waals surface area (Å²) in [4.78, 5) is 4.03. The number of rotatable bonds is 2. The smallest absolute Gasteiger partial charge is 0.124 e. The van der Waals surface area contributed by atoms with Crippen LogP contribution in [0, 0.1) is 0 Å². The molecule has 0 amide bonds. The van der Waals surface area contributed by atoms with Gasteiger partial charge in [-0.15, -0.1) is 0 Å². The molecule has 0 aromatic carbocycles. The second-order valence-corrected chi connectivity index (χ2v) is 2.70. The molecule has 0 saturated carbocycles. The highest BCUT2D eigenvalue weighted by molar-refractivity contribution is 5.59. The summed E-state index contributed by atoms with van der Waals surface area (Å²) < 4.78 is 0. The first-order chi connectivity index (χ1) is 6.09. The first-order valence-electron chi connectivity index (χ1n) is 3.77. The SMILES string of the molecule is CN(N)/C=C(\N)c1cccc(N)n1. The minimum atomic E-state index is 0.438. The first kappa shape index (κ1) is 9.34. The van der Waals surface area contributed by atoms with Crippen LogP contribution in [0.5, 0.6) is 0 Å². The van der Waals surface area contributed by atoms with E-state index in [1.54, 1.807) is 31.4 Å². The number of hydrazine groups is 1. The van der Waals surface area contributed by atoms with E-state index in [1.165, 1.54) is 5.01 Å². The number of aromatic nitrogens is 1. The second kappa shape index (κ2) is 3.77. The average Bonchev–Trinajstić information content (AvgIpc) is 2.03. The van der Waals surface area contributed by atoms with Gasteiger partial charge in [0, 0.05) is 13.2 Å². The van der Waals surface area contributed by atoms with E-state index < -0.39 is 0 Å². The molecule has 1 aromatic heterocycles. The third-order valence-corrected chi connectivity index (χ3v) is 1.41. The highest BCUT2D eigenvalue weighted by atomic mass is 15.4. The zero-order chi connectivity index (χ0) is 9.84. The van der Waals surface area contributed by atoms with Crippen molar-refractivity contribution in [3.05, 3.63) is 30.1 Å². The van der Waals surface area contributed by atoms with Gasteiger partial charge in [0.05, 0.1) is 11.4 Å². The largest absolute Gasteiger partial charge is 0.396 e. The summed E-state index contributed by atoms with van der Waals surface area (Å²) in [6.45, 7) is 0. The van der Waals surface area contributed by atoms with E-state index in [2.05, 4.69) is 4.98 Å². The Labute approximate surface area is 76.8 Å². The minimum absolute atomic E-state index is 0.438. The van der Waals surface area contributed by atoms with Crippen LogP contribution in [0.25, 0.3) is 5.70 Å². The lowest BCUT2D eigenvalue weighted by atomic mass is 10.3. The van der Waals surface area contributed by atoms with E-state index >= 15 is 0 Å². The van der Waals surface area contributed by atoms with Crippen LogP contribution in [0.3, 0.4) is 0 Å². The van der Waals surface area contributed by atoms with Gasteiger partial charge in [-0.3, -0.25) is 0 Å². The van der Waals surface area contributed by atoms with Crippen molar-refractivity contribution < 1.29 is 0 Å². The molecule has 0 spiro atoms. The van der Waals surface area contributed by atoms with Gasteiger partial charge in [-0.05, 0) is 12.1 Å². The van der Waals surface area contributed by atoms with E-state index in [1.807, 2.05) is 0 Å². The lowest BCUT2D eigenvalue weighted by molar-refractivity contribution is 0.486. The zero-order valence-corrected chi connectivity index (χ0v) is 7.44. The highest BCUT2D eigenvalue weighted by Gasteiger charge is 1.98. The van der Waals surface area contributed by atoms with Gasteiger partial charge in [0.25, 0.3) is 0 Å². The van der Waals surface area contributed by atoms with Gasteiger partial charge in [0.2, 0.25) is 0 Å². The fourth-order valence-electron chi connectivity index (χ4n) is 0.898. The Kier molecular flexibility index (Phi) is 2.71. The topological polar surface area (TPSA) is 94.2 Å². The summed E-state index contributed by atoms with van der Waals surface area (Å²) in [5.74, 6) is 5.83. The van der Waals surface area contributed by atoms with Crippen LogP contribution in [-0.4, -0.2) is 17.0 Å². The number of pyridine rings is 1. The number of nitrogens with zero attached hydrogens (tertiary/aromatic N) is 2. The van der Waals surface area contributed by atoms with Gasteiger partial charge in [-0.2, -0.15) is 0 Å². The second-order valence-electron chi connectivity index (χ2n) is 2.70. The summed E-state index contributed by atoms with van der Waals surface area (Å²) in [7, 11) is 1.68. The first-order valence-corrected chi connectivity index (χ1v) is 3.77. The van der Waals surface area contributed by atoms with Gasteiger partial charge < -0.3 is 16.5 Å². The van der Waals surface area contributed by atoms with Crippen molar-refractivity contribution in [1.82, 2.24) is 9.99 Å². The Bertz CT molecular complexity index is 318. The Hall–Kier alpha value is -1.75. The van der Waals surface area contributed by atoms with Crippen LogP contribution in [-0.2, 0) is 0 Å². The van der Waals surface area contributed by atoms with Crippen LogP contribution >= 0.6 is 0 Å². The summed E-state index contributed by atoms with van der Waals surface area (Å²) in [6.07, 6.45) is 1.57. The normalized spacial score (nSPS) is 11.4. The van der Waals surface area contributed by atoms with E-state index in [0.717, 1.165) is 0 Å². The Balaban J connectivity index is 2.95. The van der Waals surface area contributed by atoms with Gasteiger partial charge in [0.15, 0.2) is 0 Å². The van der Waals surface area contributed by atoms with Crippen molar-refractivity contribution in [2.75, 3.05) is 12.8 Å². The molecule has 0 atom stereocenters. The quantitative estimate of drug-likeness (QED) is 0.429. The number of anilines is 1. The molecule has 5 heteroatoms. The maximum atomic E-state index is 5.69. The van der Waals surface area contributed by atoms with Gasteiger partial charge in [-0.1, -0.05) is 6.07 Å². The van der Waals surface area contributed by atoms with Gasteiger partial charge >= 0.3 is 0 Å². The maximum absolute atomic E-state index is 5.69. The van der Waals surface area contributed by atoms with Gasteiger partial charge in [0.1, 0.15) is 5.82 Å². The molecule has 1 rings (SSSR count). The molecule has 5 nitrogen and oxygen atoms in total.